The summed E-state index contributed by atoms with van der Waals surface area (Å²) in [6, 6.07) is 17.2. The maximum Gasteiger partial charge on any atom is 0.251 e. The highest BCUT2D eigenvalue weighted by Gasteiger charge is 2.21. The van der Waals surface area contributed by atoms with E-state index in [1.54, 1.807) is 19.1 Å². The van der Waals surface area contributed by atoms with E-state index in [0.29, 0.717) is 12.0 Å². The second-order valence-corrected chi connectivity index (χ2v) is 6.59. The third-order valence-electron chi connectivity index (χ3n) is 3.51. The summed E-state index contributed by atoms with van der Waals surface area (Å²) in [6.45, 7) is 1.97. The molecule has 0 heterocycles. The van der Waals surface area contributed by atoms with Crippen LogP contribution in [0.15, 0.2) is 59.1 Å². The Morgan fingerprint density at radius 2 is 1.91 bits per heavy atom. The highest BCUT2D eigenvalue weighted by molar-refractivity contribution is 9.10. The van der Waals surface area contributed by atoms with E-state index in [2.05, 4.69) is 21.2 Å². The predicted molar refractivity (Wildman–Crippen MR) is 91.9 cm³/mol. The van der Waals surface area contributed by atoms with Crippen LogP contribution in [-0.4, -0.2) is 23.2 Å². The molecule has 0 spiro atoms. The monoisotopic (exact) mass is 361 g/mol. The molecule has 2 aromatic rings. The van der Waals surface area contributed by atoms with E-state index in [0.717, 1.165) is 10.9 Å². The summed E-state index contributed by atoms with van der Waals surface area (Å²) in [6.07, 6.45) is 1.37. The number of hydrogen-bond donors (Lipinski definition) is 2. The zero-order valence-electron chi connectivity index (χ0n) is 12.6. The number of hydrogen-bond acceptors (Lipinski definition) is 2. The van der Waals surface area contributed by atoms with Gasteiger partial charge in [-0.2, -0.15) is 0 Å². The van der Waals surface area contributed by atoms with E-state index < -0.39 is 5.60 Å². The van der Waals surface area contributed by atoms with E-state index in [1.165, 1.54) is 5.56 Å². The van der Waals surface area contributed by atoms with Crippen LogP contribution < -0.4 is 5.32 Å². The van der Waals surface area contributed by atoms with Crippen LogP contribution in [0.5, 0.6) is 0 Å². The molecule has 0 aromatic heterocycles. The molecule has 0 fully saturated rings. The second kappa shape index (κ2) is 7.56. The fraction of sp³-hybridized carbons (Fsp3) is 0.278. The SMILES string of the molecule is CC(O)(CCc1ccccc1)CNC(=O)c1cccc(Br)c1. The van der Waals surface area contributed by atoms with Crippen LogP contribution >= 0.6 is 15.9 Å². The molecule has 116 valence electrons. The molecule has 1 atom stereocenters. The highest BCUT2D eigenvalue weighted by atomic mass is 79.9. The lowest BCUT2D eigenvalue weighted by Crippen LogP contribution is -2.41. The van der Waals surface area contributed by atoms with Gasteiger partial charge < -0.3 is 10.4 Å². The van der Waals surface area contributed by atoms with Gasteiger partial charge in [0, 0.05) is 16.6 Å². The number of nitrogens with one attached hydrogen (secondary N) is 1. The van der Waals surface area contributed by atoms with Crippen molar-refractivity contribution in [1.82, 2.24) is 5.32 Å². The minimum absolute atomic E-state index is 0.179. The first-order valence-corrected chi connectivity index (χ1v) is 8.06. The lowest BCUT2D eigenvalue weighted by Gasteiger charge is -2.23. The van der Waals surface area contributed by atoms with Gasteiger partial charge in [-0.3, -0.25) is 4.79 Å². The van der Waals surface area contributed by atoms with Gasteiger partial charge in [0.25, 0.3) is 5.91 Å². The van der Waals surface area contributed by atoms with Crippen LogP contribution in [0.1, 0.15) is 29.3 Å². The van der Waals surface area contributed by atoms with Gasteiger partial charge in [0.2, 0.25) is 0 Å². The van der Waals surface area contributed by atoms with E-state index in [1.807, 2.05) is 42.5 Å². The first-order valence-electron chi connectivity index (χ1n) is 7.26. The van der Waals surface area contributed by atoms with Crippen molar-refractivity contribution in [2.75, 3.05) is 6.54 Å². The first kappa shape index (κ1) is 16.7. The maximum atomic E-state index is 12.1. The summed E-state index contributed by atoms with van der Waals surface area (Å²) < 4.78 is 0.857. The molecule has 3 nitrogen and oxygen atoms in total. The smallest absolute Gasteiger partial charge is 0.251 e. The van der Waals surface area contributed by atoms with Gasteiger partial charge in [-0.15, -0.1) is 0 Å². The van der Waals surface area contributed by atoms with Gasteiger partial charge >= 0.3 is 0 Å². The topological polar surface area (TPSA) is 49.3 Å². The van der Waals surface area contributed by atoms with Gasteiger partial charge in [0.05, 0.1) is 5.60 Å². The number of aliphatic hydroxyl groups is 1. The Morgan fingerprint density at radius 3 is 2.59 bits per heavy atom. The second-order valence-electron chi connectivity index (χ2n) is 5.68. The minimum Gasteiger partial charge on any atom is -0.388 e. The molecule has 0 saturated heterocycles. The average Bonchev–Trinajstić information content (AvgIpc) is 2.52. The number of halogens is 1. The lowest BCUT2D eigenvalue weighted by molar-refractivity contribution is 0.0478. The van der Waals surface area contributed by atoms with Crippen LogP contribution in [0.25, 0.3) is 0 Å². The van der Waals surface area contributed by atoms with Crippen molar-refractivity contribution in [3.05, 3.63) is 70.2 Å². The van der Waals surface area contributed by atoms with Gasteiger partial charge in [-0.1, -0.05) is 52.3 Å². The molecule has 1 unspecified atom stereocenters. The molecule has 1 amide bonds. The summed E-state index contributed by atoms with van der Waals surface area (Å²) >= 11 is 3.34. The van der Waals surface area contributed by atoms with Crippen LogP contribution in [0.3, 0.4) is 0 Å². The molecular formula is C18H20BrNO2. The lowest BCUT2D eigenvalue weighted by atomic mass is 9.96. The Labute approximate surface area is 139 Å². The van der Waals surface area contributed by atoms with Crippen LogP contribution in [0.2, 0.25) is 0 Å². The Hall–Kier alpha value is -1.65. The Morgan fingerprint density at radius 1 is 1.18 bits per heavy atom. The van der Waals surface area contributed by atoms with Crippen LogP contribution in [-0.2, 0) is 6.42 Å². The van der Waals surface area contributed by atoms with Crippen LogP contribution in [0, 0.1) is 0 Å². The Bertz CT molecular complexity index is 626. The van der Waals surface area contributed by atoms with Crippen molar-refractivity contribution < 1.29 is 9.90 Å². The Kier molecular flexibility index (Phi) is 5.75. The normalized spacial score (nSPS) is 13.4. The van der Waals surface area contributed by atoms with Crippen molar-refractivity contribution in [2.24, 2.45) is 0 Å². The minimum atomic E-state index is -0.933. The number of rotatable bonds is 6. The number of amides is 1. The molecule has 0 aliphatic carbocycles. The molecule has 2 rings (SSSR count). The molecule has 0 radical (unpaired) electrons. The molecule has 2 aromatic carbocycles. The highest BCUT2D eigenvalue weighted by Crippen LogP contribution is 2.15. The van der Waals surface area contributed by atoms with Gasteiger partial charge in [0.15, 0.2) is 0 Å². The number of carbonyl (C=O) groups excluding carboxylic acids is 1. The van der Waals surface area contributed by atoms with Crippen LogP contribution in [0.4, 0.5) is 0 Å². The third kappa shape index (κ3) is 5.28. The average molecular weight is 362 g/mol. The molecule has 4 heteroatoms. The van der Waals surface area contributed by atoms with Crippen molar-refractivity contribution in [3.63, 3.8) is 0 Å². The summed E-state index contributed by atoms with van der Waals surface area (Å²) in [4.78, 5) is 12.1. The van der Waals surface area contributed by atoms with Crippen molar-refractivity contribution >= 4 is 21.8 Å². The molecule has 22 heavy (non-hydrogen) atoms. The molecule has 2 N–H and O–H groups in total. The van der Waals surface area contributed by atoms with Crippen molar-refractivity contribution in [1.29, 1.82) is 0 Å². The number of carbonyl (C=O) groups is 1. The molecule has 0 aliphatic heterocycles. The predicted octanol–water partition coefficient (Wildman–Crippen LogP) is 3.56. The fourth-order valence-electron chi connectivity index (χ4n) is 2.15. The Balaban J connectivity index is 1.85. The van der Waals surface area contributed by atoms with Crippen molar-refractivity contribution in [3.8, 4) is 0 Å². The summed E-state index contributed by atoms with van der Waals surface area (Å²) in [5.74, 6) is -0.179. The van der Waals surface area contributed by atoms with E-state index in [9.17, 15) is 9.90 Å². The van der Waals surface area contributed by atoms with Gasteiger partial charge in [0.1, 0.15) is 0 Å². The molecule has 0 bridgehead atoms. The summed E-state index contributed by atoms with van der Waals surface area (Å²) in [5.41, 5.74) is 0.826. The van der Waals surface area contributed by atoms with Gasteiger partial charge in [-0.05, 0) is 43.5 Å². The quantitative estimate of drug-likeness (QED) is 0.826. The van der Waals surface area contributed by atoms with E-state index >= 15 is 0 Å². The molecule has 0 aliphatic rings. The summed E-state index contributed by atoms with van der Waals surface area (Å²) in [5, 5.41) is 13.2. The largest absolute Gasteiger partial charge is 0.388 e. The molecular weight excluding hydrogens is 342 g/mol. The zero-order chi connectivity index (χ0) is 16.0. The van der Waals surface area contributed by atoms with Gasteiger partial charge in [-0.25, -0.2) is 0 Å². The summed E-state index contributed by atoms with van der Waals surface area (Å²) in [7, 11) is 0. The zero-order valence-corrected chi connectivity index (χ0v) is 14.1. The van der Waals surface area contributed by atoms with E-state index in [4.69, 9.17) is 0 Å². The number of aryl methyl sites for hydroxylation is 1. The standard InChI is InChI=1S/C18H20BrNO2/c1-18(22,11-10-14-6-3-2-4-7-14)13-20-17(21)15-8-5-9-16(19)12-15/h2-9,12,22H,10-11,13H2,1H3,(H,20,21). The third-order valence-corrected chi connectivity index (χ3v) is 4.00. The fourth-order valence-corrected chi connectivity index (χ4v) is 2.55. The van der Waals surface area contributed by atoms with E-state index in [-0.39, 0.29) is 12.5 Å². The first-order chi connectivity index (χ1) is 10.5. The number of benzene rings is 2. The van der Waals surface area contributed by atoms with Crippen molar-refractivity contribution in [2.45, 2.75) is 25.4 Å². The maximum absolute atomic E-state index is 12.1. The molecule has 0 saturated carbocycles.